The number of fused-ring (bicyclic) bond motifs is 1. The van der Waals surface area contributed by atoms with Crippen molar-refractivity contribution in [3.8, 4) is 0 Å². The number of nitrogens with zero attached hydrogens (tertiary/aromatic N) is 4. The van der Waals surface area contributed by atoms with Crippen molar-refractivity contribution < 1.29 is 4.79 Å². The number of aromatic nitrogens is 4. The van der Waals surface area contributed by atoms with Gasteiger partial charge in [0.2, 0.25) is 5.91 Å². The smallest absolute Gasteiger partial charge is 0.220 e. The Balaban J connectivity index is 1.54. The second-order valence-electron chi connectivity index (χ2n) is 5.13. The van der Waals surface area contributed by atoms with Gasteiger partial charge >= 0.3 is 0 Å². The highest BCUT2D eigenvalue weighted by atomic mass is 16.1. The van der Waals surface area contributed by atoms with Crippen LogP contribution in [0.5, 0.6) is 0 Å². The van der Waals surface area contributed by atoms with E-state index in [1.54, 1.807) is 6.33 Å². The average molecular weight is 295 g/mol. The highest BCUT2D eigenvalue weighted by molar-refractivity contribution is 5.79. The summed E-state index contributed by atoms with van der Waals surface area (Å²) in [4.78, 5) is 16.4. The van der Waals surface area contributed by atoms with E-state index in [-0.39, 0.29) is 5.91 Å². The van der Waals surface area contributed by atoms with Gasteiger partial charge in [0.25, 0.3) is 0 Å². The Morgan fingerprint density at radius 1 is 1.23 bits per heavy atom. The lowest BCUT2D eigenvalue weighted by atomic mass is 10.2. The van der Waals surface area contributed by atoms with Crippen LogP contribution >= 0.6 is 0 Å². The molecule has 0 aliphatic heterocycles. The monoisotopic (exact) mass is 295 g/mol. The number of pyridine rings is 1. The van der Waals surface area contributed by atoms with Gasteiger partial charge in [-0.25, -0.2) is 0 Å². The molecule has 0 bridgehead atoms. The van der Waals surface area contributed by atoms with Crippen LogP contribution in [0.4, 0.5) is 0 Å². The standard InChI is InChI=1S/C16H17N5O/c1-21-11-18-20-15(21)8-9-16(22)17-10-13-7-6-12-4-2-3-5-14(12)19-13/h2-7,11H,8-10H2,1H3,(H,17,22). The third-order valence-electron chi connectivity index (χ3n) is 3.50. The van der Waals surface area contributed by atoms with Gasteiger partial charge in [-0.15, -0.1) is 10.2 Å². The summed E-state index contributed by atoms with van der Waals surface area (Å²) in [5.74, 6) is 0.789. The topological polar surface area (TPSA) is 72.7 Å². The number of hydrogen-bond acceptors (Lipinski definition) is 4. The highest BCUT2D eigenvalue weighted by Crippen LogP contribution is 2.11. The van der Waals surface area contributed by atoms with Crippen LogP contribution in [0.1, 0.15) is 17.9 Å². The first-order valence-electron chi connectivity index (χ1n) is 7.16. The maximum absolute atomic E-state index is 11.9. The van der Waals surface area contributed by atoms with E-state index in [0.29, 0.717) is 19.4 Å². The third-order valence-corrected chi connectivity index (χ3v) is 3.50. The van der Waals surface area contributed by atoms with Crippen LogP contribution in [0.3, 0.4) is 0 Å². The fourth-order valence-corrected chi connectivity index (χ4v) is 2.24. The molecule has 22 heavy (non-hydrogen) atoms. The van der Waals surface area contributed by atoms with E-state index < -0.39 is 0 Å². The molecule has 6 nitrogen and oxygen atoms in total. The lowest BCUT2D eigenvalue weighted by molar-refractivity contribution is -0.121. The first-order valence-corrected chi connectivity index (χ1v) is 7.16. The summed E-state index contributed by atoms with van der Waals surface area (Å²) in [7, 11) is 1.87. The molecule has 0 saturated carbocycles. The average Bonchev–Trinajstić information content (AvgIpc) is 2.96. The number of rotatable bonds is 5. The minimum absolute atomic E-state index is 0.0158. The van der Waals surface area contributed by atoms with Crippen LogP contribution in [-0.2, 0) is 24.8 Å². The summed E-state index contributed by atoms with van der Waals surface area (Å²) in [6.07, 6.45) is 2.60. The number of carbonyl (C=O) groups is 1. The largest absolute Gasteiger partial charge is 0.350 e. The Morgan fingerprint density at radius 2 is 2.09 bits per heavy atom. The summed E-state index contributed by atoms with van der Waals surface area (Å²) >= 11 is 0. The van der Waals surface area contributed by atoms with Crippen molar-refractivity contribution in [2.45, 2.75) is 19.4 Å². The summed E-state index contributed by atoms with van der Waals surface area (Å²) in [5, 5.41) is 11.7. The summed E-state index contributed by atoms with van der Waals surface area (Å²) in [6.45, 7) is 0.433. The second-order valence-corrected chi connectivity index (χ2v) is 5.13. The zero-order chi connectivity index (χ0) is 15.4. The quantitative estimate of drug-likeness (QED) is 0.776. The SMILES string of the molecule is Cn1cnnc1CCC(=O)NCc1ccc2ccccc2n1. The minimum atomic E-state index is -0.0158. The predicted molar refractivity (Wildman–Crippen MR) is 82.9 cm³/mol. The molecular formula is C16H17N5O. The molecule has 1 N–H and O–H groups in total. The van der Waals surface area contributed by atoms with Crippen LogP contribution in [-0.4, -0.2) is 25.7 Å². The molecule has 112 valence electrons. The zero-order valence-corrected chi connectivity index (χ0v) is 12.4. The van der Waals surface area contributed by atoms with Crippen molar-refractivity contribution in [3.63, 3.8) is 0 Å². The van der Waals surface area contributed by atoms with Crippen molar-refractivity contribution >= 4 is 16.8 Å². The number of amides is 1. The third kappa shape index (κ3) is 3.28. The molecule has 1 aromatic carbocycles. The summed E-state index contributed by atoms with van der Waals surface area (Å²) < 4.78 is 1.82. The van der Waals surface area contributed by atoms with Crippen LogP contribution in [0.15, 0.2) is 42.7 Å². The molecule has 3 aromatic rings. The van der Waals surface area contributed by atoms with Gasteiger partial charge in [0.1, 0.15) is 12.2 Å². The molecule has 3 rings (SSSR count). The van der Waals surface area contributed by atoms with Crippen molar-refractivity contribution in [1.82, 2.24) is 25.1 Å². The van der Waals surface area contributed by atoms with E-state index in [4.69, 9.17) is 0 Å². The van der Waals surface area contributed by atoms with E-state index in [1.807, 2.05) is 48.0 Å². The van der Waals surface area contributed by atoms with Crippen LogP contribution in [0.25, 0.3) is 10.9 Å². The Hall–Kier alpha value is -2.76. The van der Waals surface area contributed by atoms with Gasteiger partial charge in [-0.2, -0.15) is 0 Å². The molecule has 0 unspecified atom stereocenters. The van der Waals surface area contributed by atoms with Crippen LogP contribution in [0.2, 0.25) is 0 Å². The van der Waals surface area contributed by atoms with Gasteiger partial charge in [0, 0.05) is 25.3 Å². The fraction of sp³-hybridized carbons (Fsp3) is 0.250. The number of hydrogen-bond donors (Lipinski definition) is 1. The van der Waals surface area contributed by atoms with E-state index >= 15 is 0 Å². The molecule has 0 radical (unpaired) electrons. The Labute approximate surface area is 128 Å². The maximum atomic E-state index is 11.9. The lowest BCUT2D eigenvalue weighted by Gasteiger charge is -2.06. The lowest BCUT2D eigenvalue weighted by Crippen LogP contribution is -2.23. The Morgan fingerprint density at radius 3 is 2.91 bits per heavy atom. The Bertz CT molecular complexity index is 796. The predicted octanol–water partition coefficient (Wildman–Crippen LogP) is 1.61. The van der Waals surface area contributed by atoms with Crippen molar-refractivity contribution in [2.24, 2.45) is 7.05 Å². The molecule has 0 fully saturated rings. The van der Waals surface area contributed by atoms with Crippen molar-refractivity contribution in [2.75, 3.05) is 0 Å². The molecule has 0 spiro atoms. The van der Waals surface area contributed by atoms with Gasteiger partial charge in [0.05, 0.1) is 17.8 Å². The van der Waals surface area contributed by atoms with Crippen molar-refractivity contribution in [3.05, 3.63) is 54.2 Å². The number of carbonyl (C=O) groups excluding carboxylic acids is 1. The first kappa shape index (κ1) is 14.2. The Kier molecular flexibility index (Phi) is 4.09. The molecule has 0 atom stereocenters. The van der Waals surface area contributed by atoms with Gasteiger partial charge in [-0.3, -0.25) is 9.78 Å². The molecule has 1 amide bonds. The number of benzene rings is 1. The molecule has 0 saturated heterocycles. The molecule has 0 aliphatic rings. The van der Waals surface area contributed by atoms with E-state index in [0.717, 1.165) is 22.4 Å². The van der Waals surface area contributed by atoms with Gasteiger partial charge < -0.3 is 9.88 Å². The van der Waals surface area contributed by atoms with Gasteiger partial charge in [0.15, 0.2) is 0 Å². The molecule has 6 heteroatoms. The molecule has 0 aliphatic carbocycles. The first-order chi connectivity index (χ1) is 10.7. The molecule has 2 aromatic heterocycles. The second kappa shape index (κ2) is 6.34. The highest BCUT2D eigenvalue weighted by Gasteiger charge is 2.06. The summed E-state index contributed by atoms with van der Waals surface area (Å²) in [6, 6.07) is 11.9. The molecular weight excluding hydrogens is 278 g/mol. The van der Waals surface area contributed by atoms with E-state index in [2.05, 4.69) is 20.5 Å². The molecule has 2 heterocycles. The fourth-order valence-electron chi connectivity index (χ4n) is 2.24. The van der Waals surface area contributed by atoms with Crippen molar-refractivity contribution in [1.29, 1.82) is 0 Å². The van der Waals surface area contributed by atoms with Crippen LogP contribution in [0, 0.1) is 0 Å². The number of nitrogens with one attached hydrogen (secondary N) is 1. The maximum Gasteiger partial charge on any atom is 0.220 e. The minimum Gasteiger partial charge on any atom is -0.350 e. The number of aryl methyl sites for hydroxylation is 2. The normalized spacial score (nSPS) is 10.8. The number of para-hydroxylation sites is 1. The van der Waals surface area contributed by atoms with Gasteiger partial charge in [-0.05, 0) is 12.1 Å². The zero-order valence-electron chi connectivity index (χ0n) is 12.4. The summed E-state index contributed by atoms with van der Waals surface area (Å²) in [5.41, 5.74) is 1.79. The van der Waals surface area contributed by atoms with E-state index in [9.17, 15) is 4.79 Å². The van der Waals surface area contributed by atoms with Gasteiger partial charge in [-0.1, -0.05) is 24.3 Å². The van der Waals surface area contributed by atoms with E-state index in [1.165, 1.54) is 0 Å². The van der Waals surface area contributed by atoms with Crippen LogP contribution < -0.4 is 5.32 Å².